The zero-order valence-corrected chi connectivity index (χ0v) is 53.6. The summed E-state index contributed by atoms with van der Waals surface area (Å²) >= 11 is 0. The molecule has 25 N–H and O–H groups in total. The van der Waals surface area contributed by atoms with Gasteiger partial charge in [0.15, 0.2) is 81.9 Å². The summed E-state index contributed by atoms with van der Waals surface area (Å²) in [5.41, 5.74) is -5.67. The predicted octanol–water partition coefficient (Wildman–Crippen LogP) is 7.34. The molecule has 0 spiro atoms. The van der Waals surface area contributed by atoms with E-state index >= 15 is 0 Å². The van der Waals surface area contributed by atoms with Gasteiger partial charge in [0.1, 0.15) is 117 Å². The highest BCUT2D eigenvalue weighted by molar-refractivity contribution is 5.75. The molecule has 0 fully saturated rings. The zero-order chi connectivity index (χ0) is 74.7. The van der Waals surface area contributed by atoms with Gasteiger partial charge < -0.3 is 151 Å². The molecular weight excluding hydrogens is 1380 g/mol. The van der Waals surface area contributed by atoms with E-state index in [4.69, 9.17) is 23.7 Å². The number of rotatable bonds is 9. The van der Waals surface area contributed by atoms with Crippen LogP contribution in [0, 0.1) is 0 Å². The monoisotopic (exact) mass is 1440 g/mol. The van der Waals surface area contributed by atoms with E-state index in [2.05, 4.69) is 0 Å². The predicted molar refractivity (Wildman–Crippen MR) is 356 cm³/mol. The summed E-state index contributed by atoms with van der Waals surface area (Å²) in [6.07, 6.45) is -19.9. The molecule has 5 aliphatic heterocycles. The van der Waals surface area contributed by atoms with Crippen LogP contribution in [0.4, 0.5) is 0 Å². The summed E-state index contributed by atoms with van der Waals surface area (Å²) in [6.45, 7) is 0. The molecule has 5 heterocycles. The van der Waals surface area contributed by atoms with Crippen LogP contribution in [0.25, 0.3) is 0 Å². The fraction of sp³-hybridized carbons (Fsp3) is 0.200. The molecule has 10 aromatic carbocycles. The van der Waals surface area contributed by atoms with Crippen molar-refractivity contribution >= 4 is 0 Å². The molecule has 542 valence electrons. The van der Waals surface area contributed by atoms with Crippen molar-refractivity contribution < 1.29 is 151 Å². The second-order valence-electron chi connectivity index (χ2n) is 26.3. The molecule has 0 aromatic heterocycles. The fourth-order valence-corrected chi connectivity index (χ4v) is 15.4. The first-order valence-electron chi connectivity index (χ1n) is 32.1. The Kier molecular flexibility index (Phi) is 15.9. The molecule has 15 rings (SSSR count). The number of hydrogen-bond acceptors (Lipinski definition) is 30. The highest BCUT2D eigenvalue weighted by Crippen LogP contribution is 2.67. The summed E-state index contributed by atoms with van der Waals surface area (Å²) in [6, 6.07) is 20.7. The van der Waals surface area contributed by atoms with Crippen molar-refractivity contribution in [2.75, 3.05) is 0 Å². The van der Waals surface area contributed by atoms with Crippen LogP contribution in [-0.2, 0) is 6.42 Å². The van der Waals surface area contributed by atoms with Crippen LogP contribution < -0.4 is 23.7 Å². The average Bonchev–Trinajstić information content (AvgIpc) is 0.718. The third-order valence-electron chi connectivity index (χ3n) is 20.2. The van der Waals surface area contributed by atoms with Gasteiger partial charge in [0.05, 0.1) is 29.8 Å². The first-order valence-corrected chi connectivity index (χ1v) is 32.1. The molecule has 0 aliphatic carbocycles. The van der Waals surface area contributed by atoms with E-state index in [1.165, 1.54) is 18.2 Å². The Hall–Kier alpha value is -13.0. The number of phenols is 20. The van der Waals surface area contributed by atoms with Gasteiger partial charge in [0.25, 0.3) is 0 Å². The molecule has 4 unspecified atom stereocenters. The number of aliphatic hydroxyl groups is 5. The van der Waals surface area contributed by atoms with Crippen molar-refractivity contribution in [1.82, 2.24) is 0 Å². The lowest BCUT2D eigenvalue weighted by Gasteiger charge is -2.45. The second kappa shape index (κ2) is 24.6. The smallest absolute Gasteiger partial charge is 0.157 e. The largest absolute Gasteiger partial charge is 0.508 e. The maximum absolute atomic E-state index is 13.4. The van der Waals surface area contributed by atoms with Crippen molar-refractivity contribution in [3.8, 4) is 144 Å². The minimum absolute atomic E-state index is 0.0287. The van der Waals surface area contributed by atoms with Gasteiger partial charge in [0, 0.05) is 92.9 Å². The van der Waals surface area contributed by atoms with Gasteiger partial charge in [0.2, 0.25) is 0 Å². The summed E-state index contributed by atoms with van der Waals surface area (Å²) in [5.74, 6) is -27.3. The highest BCUT2D eigenvalue weighted by Gasteiger charge is 2.55. The van der Waals surface area contributed by atoms with Crippen LogP contribution >= 0.6 is 0 Å². The van der Waals surface area contributed by atoms with Crippen molar-refractivity contribution in [2.24, 2.45) is 0 Å². The molecule has 0 amide bonds. The van der Waals surface area contributed by atoms with Gasteiger partial charge in [-0.1, -0.05) is 30.3 Å². The number of phenolic OH excluding ortho intramolecular Hbond substituents is 20. The number of aliphatic hydroxyl groups excluding tert-OH is 5. The van der Waals surface area contributed by atoms with E-state index in [1.54, 1.807) is 0 Å². The van der Waals surface area contributed by atoms with Crippen LogP contribution in [0.15, 0.2) is 127 Å². The molecule has 10 aromatic rings. The van der Waals surface area contributed by atoms with Crippen LogP contribution in [0.2, 0.25) is 0 Å². The third-order valence-corrected chi connectivity index (χ3v) is 20.2. The number of benzene rings is 10. The Balaban J connectivity index is 1.00. The molecule has 30 heteroatoms. The third kappa shape index (κ3) is 10.7. The number of hydrogen-bond donors (Lipinski definition) is 25. The minimum atomic E-state index is -2.31. The first kappa shape index (κ1) is 67.8. The van der Waals surface area contributed by atoms with Gasteiger partial charge in [-0.3, -0.25) is 0 Å². The lowest BCUT2D eigenvalue weighted by atomic mass is 9.71. The van der Waals surface area contributed by atoms with E-state index in [-0.39, 0.29) is 44.7 Å². The van der Waals surface area contributed by atoms with Crippen molar-refractivity contribution in [3.63, 3.8) is 0 Å². The van der Waals surface area contributed by atoms with Crippen LogP contribution in [0.3, 0.4) is 0 Å². The van der Waals surface area contributed by atoms with E-state index in [0.29, 0.717) is 18.2 Å². The zero-order valence-electron chi connectivity index (χ0n) is 53.6. The van der Waals surface area contributed by atoms with Gasteiger partial charge in [-0.2, -0.15) is 0 Å². The molecule has 0 saturated carbocycles. The van der Waals surface area contributed by atoms with Crippen molar-refractivity contribution in [2.45, 2.75) is 91.1 Å². The van der Waals surface area contributed by atoms with Crippen LogP contribution in [0.1, 0.15) is 132 Å². The van der Waals surface area contributed by atoms with Crippen LogP contribution in [-0.4, -0.2) is 158 Å². The molecule has 105 heavy (non-hydrogen) atoms. The standard InChI is InChI=1S/C75H62O30/c76-28-16-41(88)51-50(17-28)101-68(24-2-7-31(78)37(84)12-24)63(97)59(51)53-43(90)20-45(92)55-61(65(99)70(103-73(53)55)26-4-9-33(80)39(86)14-26)57-47(94)22-48(95)58-62(66(100)71(105-75(57)58)27-5-10-34(81)40(87)15-27)56-46(93)21-44(91)54-60(64(98)69(104-74(54)56)25-3-8-32(79)38(85)13-25)52-42(89)19-35(82)29-18-49(96)67(102-72(29)52)23-1-6-30(77)36(83)11-23/h1-17,19-22,49,59-71,76-100H,18H2/t49-,59?,60?,61?,62?,63-,64-,65-,66-,67+,68+,69+,70+,71+/m0/s1. The Labute approximate surface area is 589 Å². The van der Waals surface area contributed by atoms with Gasteiger partial charge in [-0.25, -0.2) is 0 Å². The molecule has 0 saturated heterocycles. The summed E-state index contributed by atoms with van der Waals surface area (Å²) < 4.78 is 32.8. The Morgan fingerprint density at radius 1 is 0.219 bits per heavy atom. The Bertz CT molecular complexity index is 5270. The van der Waals surface area contributed by atoms with Gasteiger partial charge in [-0.05, 0) is 88.5 Å². The minimum Gasteiger partial charge on any atom is -0.508 e. The molecule has 30 nitrogen and oxygen atoms in total. The topological polar surface area (TPSA) is 552 Å². The quantitative estimate of drug-likeness (QED) is 0.0628. The van der Waals surface area contributed by atoms with E-state index in [0.717, 1.165) is 91.0 Å². The van der Waals surface area contributed by atoms with E-state index < -0.39 is 268 Å². The maximum Gasteiger partial charge on any atom is 0.157 e. The molecule has 0 radical (unpaired) electrons. The summed E-state index contributed by atoms with van der Waals surface area (Å²) in [7, 11) is 0. The number of aromatic hydroxyl groups is 20. The second-order valence-corrected chi connectivity index (χ2v) is 26.3. The molecule has 5 aliphatic rings. The Morgan fingerprint density at radius 3 is 0.771 bits per heavy atom. The SMILES string of the molecule is Oc1cc(O)c2c(c1)O[C@H](c1ccc(O)c(O)c1)[C@@H](O)C2c1c(O)cc(O)c2c1O[C@H](c1ccc(O)c(O)c1)[C@@H](O)C2c1c(O)cc(O)c2c1O[C@H](c1ccc(O)c(O)c1)[C@@H](O)C2c1c(O)cc(O)c2c1O[C@H](c1ccc(O)c(O)c1)[C@@H](O)C2c1c(O)cc(O)c2c1O[C@H](c1ccc(O)c(O)c1)[C@@H](O)C2. The van der Waals surface area contributed by atoms with Crippen LogP contribution in [0.5, 0.6) is 144 Å². The lowest BCUT2D eigenvalue weighted by Crippen LogP contribution is -2.40. The number of ether oxygens (including phenoxy) is 5. The summed E-state index contributed by atoms with van der Waals surface area (Å²) in [5, 5.41) is 294. The molecule has 0 bridgehead atoms. The van der Waals surface area contributed by atoms with Gasteiger partial charge >= 0.3 is 0 Å². The van der Waals surface area contributed by atoms with Gasteiger partial charge in [-0.15, -0.1) is 0 Å². The maximum atomic E-state index is 13.4. The van der Waals surface area contributed by atoms with Crippen molar-refractivity contribution in [1.29, 1.82) is 0 Å². The molecule has 14 atom stereocenters. The molecular formula is C75H62O30. The average molecular weight is 1440 g/mol. The fourth-order valence-electron chi connectivity index (χ4n) is 15.4. The number of fused-ring (bicyclic) bond motifs is 5. The first-order chi connectivity index (χ1) is 49.9. The van der Waals surface area contributed by atoms with E-state index in [9.17, 15) is 128 Å². The summed E-state index contributed by atoms with van der Waals surface area (Å²) in [4.78, 5) is 0. The van der Waals surface area contributed by atoms with Crippen molar-refractivity contribution in [3.05, 3.63) is 205 Å². The van der Waals surface area contributed by atoms with E-state index in [1.807, 2.05) is 0 Å². The lowest BCUT2D eigenvalue weighted by molar-refractivity contribution is -0.0101. The normalized spacial score (nSPS) is 24.2. The Morgan fingerprint density at radius 2 is 0.467 bits per heavy atom. The highest BCUT2D eigenvalue weighted by atomic mass is 16.5.